The minimum absolute atomic E-state index is 0.0507. The highest BCUT2D eigenvalue weighted by molar-refractivity contribution is 9.10. The van der Waals surface area contributed by atoms with Gasteiger partial charge < -0.3 is 10.5 Å². The molecule has 0 spiro atoms. The first kappa shape index (κ1) is 11.9. The molecule has 0 saturated heterocycles. The van der Waals surface area contributed by atoms with E-state index in [1.165, 1.54) is 0 Å². The Labute approximate surface area is 98.4 Å². The predicted octanol–water partition coefficient (Wildman–Crippen LogP) is 2.78. The zero-order valence-electron chi connectivity index (χ0n) is 8.03. The molecule has 0 aliphatic carbocycles. The van der Waals surface area contributed by atoms with Crippen molar-refractivity contribution in [3.05, 3.63) is 28.2 Å². The summed E-state index contributed by atoms with van der Waals surface area (Å²) in [6.45, 7) is 0. The van der Waals surface area contributed by atoms with E-state index < -0.39 is 0 Å². The fraction of sp³-hybridized carbons (Fsp3) is 0.400. The highest BCUT2D eigenvalue weighted by atomic mass is 79.9. The quantitative estimate of drug-likeness (QED) is 0.829. The topological polar surface area (TPSA) is 35.2 Å². The van der Waals surface area contributed by atoms with Gasteiger partial charge in [0.15, 0.2) is 0 Å². The Kier molecular flexibility index (Phi) is 4.78. The Hall–Kier alpha value is -0.190. The van der Waals surface area contributed by atoms with E-state index in [1.54, 1.807) is 7.11 Å². The molecule has 0 aliphatic heterocycles. The van der Waals surface area contributed by atoms with Crippen LogP contribution in [0, 0.1) is 0 Å². The molecule has 0 heterocycles. The van der Waals surface area contributed by atoms with Gasteiger partial charge in [0.25, 0.3) is 0 Å². The molecule has 1 atom stereocenters. The van der Waals surface area contributed by atoms with E-state index in [4.69, 9.17) is 10.5 Å². The van der Waals surface area contributed by atoms with Gasteiger partial charge >= 0.3 is 0 Å². The van der Waals surface area contributed by atoms with Crippen molar-refractivity contribution in [1.29, 1.82) is 0 Å². The van der Waals surface area contributed by atoms with Crippen LogP contribution in [0.25, 0.3) is 0 Å². The number of hydrogen-bond acceptors (Lipinski definition) is 3. The van der Waals surface area contributed by atoms with E-state index in [1.807, 2.05) is 18.2 Å². The molecule has 0 aromatic heterocycles. The van der Waals surface area contributed by atoms with Crippen LogP contribution in [0.5, 0.6) is 5.75 Å². The van der Waals surface area contributed by atoms with Gasteiger partial charge in [0.05, 0.1) is 11.6 Å². The van der Waals surface area contributed by atoms with E-state index in [0.717, 1.165) is 28.0 Å². The third-order valence-electron chi connectivity index (χ3n) is 2.04. The van der Waals surface area contributed by atoms with E-state index in [9.17, 15) is 0 Å². The van der Waals surface area contributed by atoms with Crippen molar-refractivity contribution in [2.24, 2.45) is 5.73 Å². The van der Waals surface area contributed by atoms with Crippen LogP contribution in [-0.2, 0) is 0 Å². The highest BCUT2D eigenvalue weighted by Gasteiger charge is 2.07. The summed E-state index contributed by atoms with van der Waals surface area (Å²) in [5.41, 5.74) is 7.06. The lowest BCUT2D eigenvalue weighted by Gasteiger charge is -2.12. The first-order valence-corrected chi connectivity index (χ1v) is 5.81. The SMILES string of the molecule is COc1ccc(C(N)CCS)cc1Br. The molecule has 1 rings (SSSR count). The predicted molar refractivity (Wildman–Crippen MR) is 66.1 cm³/mol. The van der Waals surface area contributed by atoms with Crippen LogP contribution in [0.2, 0.25) is 0 Å². The van der Waals surface area contributed by atoms with Crippen molar-refractivity contribution in [3.63, 3.8) is 0 Å². The third-order valence-corrected chi connectivity index (χ3v) is 2.92. The standard InChI is InChI=1S/C10H14BrNOS/c1-13-10-3-2-7(6-8(10)11)9(12)4-5-14/h2-3,6,9,14H,4-5,12H2,1H3. The normalized spacial score (nSPS) is 12.6. The average molecular weight is 276 g/mol. The number of halogens is 1. The Morgan fingerprint density at radius 2 is 2.29 bits per heavy atom. The molecule has 4 heteroatoms. The zero-order chi connectivity index (χ0) is 10.6. The van der Waals surface area contributed by atoms with Crippen molar-refractivity contribution < 1.29 is 4.74 Å². The van der Waals surface area contributed by atoms with Gasteiger partial charge in [-0.2, -0.15) is 12.6 Å². The maximum atomic E-state index is 5.96. The van der Waals surface area contributed by atoms with Crippen LogP contribution in [-0.4, -0.2) is 12.9 Å². The number of ether oxygens (including phenoxy) is 1. The molecular formula is C10H14BrNOS. The molecule has 0 amide bonds. The fourth-order valence-electron chi connectivity index (χ4n) is 1.22. The zero-order valence-corrected chi connectivity index (χ0v) is 10.5. The molecule has 0 bridgehead atoms. The van der Waals surface area contributed by atoms with Gasteiger partial charge in [0, 0.05) is 6.04 Å². The summed E-state index contributed by atoms with van der Waals surface area (Å²) in [7, 11) is 1.65. The van der Waals surface area contributed by atoms with Gasteiger partial charge in [-0.05, 0) is 45.8 Å². The lowest BCUT2D eigenvalue weighted by Crippen LogP contribution is -2.10. The van der Waals surface area contributed by atoms with E-state index in [2.05, 4.69) is 28.6 Å². The lowest BCUT2D eigenvalue weighted by atomic mass is 10.1. The van der Waals surface area contributed by atoms with Gasteiger partial charge in [0.1, 0.15) is 5.75 Å². The first-order chi connectivity index (χ1) is 6.69. The summed E-state index contributed by atoms with van der Waals surface area (Å²) in [4.78, 5) is 0. The highest BCUT2D eigenvalue weighted by Crippen LogP contribution is 2.28. The van der Waals surface area contributed by atoms with Crippen LogP contribution < -0.4 is 10.5 Å². The Morgan fingerprint density at radius 1 is 1.57 bits per heavy atom. The second-order valence-corrected chi connectivity index (χ2v) is 4.31. The summed E-state index contributed by atoms with van der Waals surface area (Å²) in [5.74, 6) is 1.62. The van der Waals surface area contributed by atoms with E-state index in [-0.39, 0.29) is 6.04 Å². The van der Waals surface area contributed by atoms with Gasteiger partial charge in [-0.25, -0.2) is 0 Å². The summed E-state index contributed by atoms with van der Waals surface area (Å²) < 4.78 is 6.07. The number of nitrogens with two attached hydrogens (primary N) is 1. The molecule has 14 heavy (non-hydrogen) atoms. The van der Waals surface area contributed by atoms with Gasteiger partial charge in [0.2, 0.25) is 0 Å². The Morgan fingerprint density at radius 3 is 2.79 bits per heavy atom. The van der Waals surface area contributed by atoms with Crippen molar-refractivity contribution >= 4 is 28.6 Å². The molecule has 0 aliphatic rings. The van der Waals surface area contributed by atoms with Crippen molar-refractivity contribution in [2.45, 2.75) is 12.5 Å². The molecule has 78 valence electrons. The summed E-state index contributed by atoms with van der Waals surface area (Å²) >= 11 is 7.59. The van der Waals surface area contributed by atoms with Crippen molar-refractivity contribution in [3.8, 4) is 5.75 Å². The number of hydrogen-bond donors (Lipinski definition) is 2. The maximum absolute atomic E-state index is 5.96. The minimum atomic E-state index is 0.0507. The van der Waals surface area contributed by atoms with Crippen molar-refractivity contribution in [1.82, 2.24) is 0 Å². The summed E-state index contributed by atoms with van der Waals surface area (Å²) in [5, 5.41) is 0. The molecule has 2 N–H and O–H groups in total. The Bertz CT molecular complexity index is 306. The minimum Gasteiger partial charge on any atom is -0.496 e. The molecule has 1 aromatic rings. The fourth-order valence-corrected chi connectivity index (χ4v) is 2.06. The number of methoxy groups -OCH3 is 1. The molecule has 0 saturated carbocycles. The smallest absolute Gasteiger partial charge is 0.133 e. The van der Waals surface area contributed by atoms with Crippen LogP contribution in [0.15, 0.2) is 22.7 Å². The third kappa shape index (κ3) is 2.90. The molecular weight excluding hydrogens is 262 g/mol. The second kappa shape index (κ2) is 5.63. The summed E-state index contributed by atoms with van der Waals surface area (Å²) in [6.07, 6.45) is 0.877. The van der Waals surface area contributed by atoms with Gasteiger partial charge in [-0.3, -0.25) is 0 Å². The summed E-state index contributed by atoms with van der Waals surface area (Å²) in [6, 6.07) is 5.94. The molecule has 2 nitrogen and oxygen atoms in total. The Balaban J connectivity index is 2.85. The maximum Gasteiger partial charge on any atom is 0.133 e. The van der Waals surface area contributed by atoms with E-state index >= 15 is 0 Å². The largest absolute Gasteiger partial charge is 0.496 e. The average Bonchev–Trinajstić information content (AvgIpc) is 2.18. The van der Waals surface area contributed by atoms with Crippen LogP contribution in [0.3, 0.4) is 0 Å². The van der Waals surface area contributed by atoms with E-state index in [0.29, 0.717) is 0 Å². The number of thiol groups is 1. The molecule has 0 radical (unpaired) electrons. The van der Waals surface area contributed by atoms with Gasteiger partial charge in [-0.15, -0.1) is 0 Å². The van der Waals surface area contributed by atoms with Crippen LogP contribution in [0.4, 0.5) is 0 Å². The van der Waals surface area contributed by atoms with Crippen molar-refractivity contribution in [2.75, 3.05) is 12.9 Å². The molecule has 1 aromatic carbocycles. The molecule has 0 fully saturated rings. The van der Waals surface area contributed by atoms with Crippen LogP contribution in [0.1, 0.15) is 18.0 Å². The monoisotopic (exact) mass is 275 g/mol. The lowest BCUT2D eigenvalue weighted by molar-refractivity contribution is 0.412. The van der Waals surface area contributed by atoms with Gasteiger partial charge in [-0.1, -0.05) is 6.07 Å². The second-order valence-electron chi connectivity index (χ2n) is 3.01. The number of benzene rings is 1. The number of rotatable bonds is 4. The molecule has 1 unspecified atom stereocenters. The first-order valence-electron chi connectivity index (χ1n) is 4.39. The van der Waals surface area contributed by atoms with Crippen LogP contribution >= 0.6 is 28.6 Å².